The standard InChI is InChI=1S/C13H11N3O2/c1-8-14-5-4-10(15-8)9-2-3-12-11(6-9)16-13(17)7-18-12/h2-6H,7H2,1H3,(H,16,17). The predicted molar refractivity (Wildman–Crippen MR) is 66.3 cm³/mol. The number of nitrogens with one attached hydrogen (secondary N) is 1. The first-order valence-corrected chi connectivity index (χ1v) is 5.59. The first kappa shape index (κ1) is 10.7. The van der Waals surface area contributed by atoms with E-state index in [2.05, 4.69) is 15.3 Å². The molecule has 1 aliphatic rings. The fourth-order valence-corrected chi connectivity index (χ4v) is 1.86. The average molecular weight is 241 g/mol. The Morgan fingerprint density at radius 1 is 1.33 bits per heavy atom. The molecule has 5 nitrogen and oxygen atoms in total. The van der Waals surface area contributed by atoms with Crippen LogP contribution in [0.3, 0.4) is 0 Å². The summed E-state index contributed by atoms with van der Waals surface area (Å²) in [6.07, 6.45) is 1.71. The molecule has 2 aromatic rings. The van der Waals surface area contributed by atoms with E-state index in [1.807, 2.05) is 31.2 Å². The minimum Gasteiger partial charge on any atom is -0.482 e. The number of aryl methyl sites for hydroxylation is 1. The maximum atomic E-state index is 11.3. The normalized spacial score (nSPS) is 13.5. The molecule has 3 rings (SSSR count). The summed E-state index contributed by atoms with van der Waals surface area (Å²) in [5.41, 5.74) is 2.43. The van der Waals surface area contributed by atoms with E-state index in [4.69, 9.17) is 4.74 Å². The lowest BCUT2D eigenvalue weighted by Crippen LogP contribution is -2.25. The molecule has 0 atom stereocenters. The zero-order chi connectivity index (χ0) is 12.5. The highest BCUT2D eigenvalue weighted by atomic mass is 16.5. The van der Waals surface area contributed by atoms with Gasteiger partial charge in [0.1, 0.15) is 11.6 Å². The van der Waals surface area contributed by atoms with Crippen LogP contribution in [0.15, 0.2) is 30.5 Å². The smallest absolute Gasteiger partial charge is 0.262 e. The molecule has 90 valence electrons. The number of hydrogen-bond donors (Lipinski definition) is 1. The number of nitrogens with zero attached hydrogens (tertiary/aromatic N) is 2. The average Bonchev–Trinajstić information content (AvgIpc) is 2.38. The fourth-order valence-electron chi connectivity index (χ4n) is 1.86. The van der Waals surface area contributed by atoms with Gasteiger partial charge in [-0.25, -0.2) is 9.97 Å². The minimum atomic E-state index is -0.140. The van der Waals surface area contributed by atoms with Gasteiger partial charge in [0.2, 0.25) is 0 Å². The lowest BCUT2D eigenvalue weighted by atomic mass is 10.1. The molecule has 5 heteroatoms. The van der Waals surface area contributed by atoms with Crippen molar-refractivity contribution < 1.29 is 9.53 Å². The molecular weight excluding hydrogens is 230 g/mol. The van der Waals surface area contributed by atoms with Crippen molar-refractivity contribution >= 4 is 11.6 Å². The van der Waals surface area contributed by atoms with Gasteiger partial charge in [0.15, 0.2) is 6.61 Å². The van der Waals surface area contributed by atoms with E-state index in [1.54, 1.807) is 6.20 Å². The predicted octanol–water partition coefficient (Wildman–Crippen LogP) is 1.78. The molecular formula is C13H11N3O2. The molecule has 0 spiro atoms. The van der Waals surface area contributed by atoms with Crippen molar-refractivity contribution in [2.75, 3.05) is 11.9 Å². The first-order valence-electron chi connectivity index (χ1n) is 5.59. The molecule has 1 aliphatic heterocycles. The highest BCUT2D eigenvalue weighted by Gasteiger charge is 2.16. The van der Waals surface area contributed by atoms with Gasteiger partial charge in [0.25, 0.3) is 5.91 Å². The molecule has 1 N–H and O–H groups in total. The van der Waals surface area contributed by atoms with Gasteiger partial charge in [-0.1, -0.05) is 0 Å². The monoisotopic (exact) mass is 241 g/mol. The molecule has 0 saturated carbocycles. The van der Waals surface area contributed by atoms with Crippen molar-refractivity contribution in [3.63, 3.8) is 0 Å². The SMILES string of the molecule is Cc1nccc(-c2ccc3c(c2)NC(=O)CO3)n1. The van der Waals surface area contributed by atoms with Gasteiger partial charge in [0.05, 0.1) is 11.4 Å². The maximum absolute atomic E-state index is 11.3. The number of carbonyl (C=O) groups is 1. The Labute approximate surface area is 104 Å². The Bertz CT molecular complexity index is 625. The van der Waals surface area contributed by atoms with Gasteiger partial charge in [-0.15, -0.1) is 0 Å². The van der Waals surface area contributed by atoms with Crippen molar-refractivity contribution in [1.29, 1.82) is 0 Å². The van der Waals surface area contributed by atoms with Crippen LogP contribution in [-0.4, -0.2) is 22.5 Å². The summed E-state index contributed by atoms with van der Waals surface area (Å²) in [7, 11) is 0. The van der Waals surface area contributed by atoms with E-state index in [1.165, 1.54) is 0 Å². The molecule has 0 saturated heterocycles. The quantitative estimate of drug-likeness (QED) is 0.826. The summed E-state index contributed by atoms with van der Waals surface area (Å²) >= 11 is 0. The molecule has 2 heterocycles. The highest BCUT2D eigenvalue weighted by molar-refractivity contribution is 5.96. The zero-order valence-corrected chi connectivity index (χ0v) is 9.80. The molecule has 1 amide bonds. The second-order valence-electron chi connectivity index (χ2n) is 4.04. The van der Waals surface area contributed by atoms with Gasteiger partial charge in [-0.05, 0) is 31.2 Å². The van der Waals surface area contributed by atoms with Crippen LogP contribution in [0.2, 0.25) is 0 Å². The molecule has 0 radical (unpaired) electrons. The van der Waals surface area contributed by atoms with Crippen LogP contribution < -0.4 is 10.1 Å². The van der Waals surface area contributed by atoms with E-state index in [0.717, 1.165) is 11.3 Å². The van der Waals surface area contributed by atoms with Gasteiger partial charge in [0, 0.05) is 11.8 Å². The van der Waals surface area contributed by atoms with Crippen LogP contribution in [0.4, 0.5) is 5.69 Å². The number of benzene rings is 1. The molecule has 0 bridgehead atoms. The third-order valence-electron chi connectivity index (χ3n) is 2.68. The van der Waals surface area contributed by atoms with Crippen LogP contribution in [0.1, 0.15) is 5.82 Å². The van der Waals surface area contributed by atoms with Crippen molar-refractivity contribution in [2.24, 2.45) is 0 Å². The summed E-state index contributed by atoms with van der Waals surface area (Å²) < 4.78 is 5.31. The second-order valence-corrected chi connectivity index (χ2v) is 4.04. The van der Waals surface area contributed by atoms with Crippen LogP contribution in [0.25, 0.3) is 11.3 Å². The van der Waals surface area contributed by atoms with Crippen LogP contribution >= 0.6 is 0 Å². The highest BCUT2D eigenvalue weighted by Crippen LogP contribution is 2.31. The van der Waals surface area contributed by atoms with Crippen molar-refractivity contribution in [2.45, 2.75) is 6.92 Å². The number of fused-ring (bicyclic) bond motifs is 1. The molecule has 18 heavy (non-hydrogen) atoms. The fraction of sp³-hybridized carbons (Fsp3) is 0.154. The number of hydrogen-bond acceptors (Lipinski definition) is 4. The Morgan fingerprint density at radius 3 is 3.06 bits per heavy atom. The van der Waals surface area contributed by atoms with E-state index in [0.29, 0.717) is 17.3 Å². The van der Waals surface area contributed by atoms with Gasteiger partial charge in [-0.2, -0.15) is 0 Å². The van der Waals surface area contributed by atoms with Crippen molar-refractivity contribution in [3.8, 4) is 17.0 Å². The number of amides is 1. The van der Waals surface area contributed by atoms with E-state index >= 15 is 0 Å². The van der Waals surface area contributed by atoms with Crippen LogP contribution in [0.5, 0.6) is 5.75 Å². The molecule has 0 unspecified atom stereocenters. The number of ether oxygens (including phenoxy) is 1. The van der Waals surface area contributed by atoms with Gasteiger partial charge >= 0.3 is 0 Å². The summed E-state index contributed by atoms with van der Waals surface area (Å²) in [4.78, 5) is 19.7. The van der Waals surface area contributed by atoms with Gasteiger partial charge in [-0.3, -0.25) is 4.79 Å². The first-order chi connectivity index (χ1) is 8.72. The van der Waals surface area contributed by atoms with E-state index in [9.17, 15) is 4.79 Å². The third-order valence-corrected chi connectivity index (χ3v) is 2.68. The van der Waals surface area contributed by atoms with Crippen LogP contribution in [0, 0.1) is 6.92 Å². The van der Waals surface area contributed by atoms with E-state index < -0.39 is 0 Å². The largest absolute Gasteiger partial charge is 0.482 e. The second kappa shape index (κ2) is 4.10. The maximum Gasteiger partial charge on any atom is 0.262 e. The summed E-state index contributed by atoms with van der Waals surface area (Å²) in [5.74, 6) is 1.26. The Morgan fingerprint density at radius 2 is 2.22 bits per heavy atom. The molecule has 1 aromatic heterocycles. The number of rotatable bonds is 1. The summed E-state index contributed by atoms with van der Waals surface area (Å²) in [6, 6.07) is 7.44. The van der Waals surface area contributed by atoms with E-state index in [-0.39, 0.29) is 12.5 Å². The molecule has 0 aliphatic carbocycles. The minimum absolute atomic E-state index is 0.0684. The molecule has 0 fully saturated rings. The van der Waals surface area contributed by atoms with Crippen molar-refractivity contribution in [1.82, 2.24) is 9.97 Å². The van der Waals surface area contributed by atoms with Gasteiger partial charge < -0.3 is 10.1 Å². The zero-order valence-electron chi connectivity index (χ0n) is 9.80. The Balaban J connectivity index is 2.04. The lowest BCUT2D eigenvalue weighted by Gasteiger charge is -2.18. The van der Waals surface area contributed by atoms with Crippen LogP contribution in [-0.2, 0) is 4.79 Å². The van der Waals surface area contributed by atoms with Crippen molar-refractivity contribution in [3.05, 3.63) is 36.3 Å². The Hall–Kier alpha value is -2.43. The topological polar surface area (TPSA) is 64.1 Å². The number of anilines is 1. The lowest BCUT2D eigenvalue weighted by molar-refractivity contribution is -0.118. The summed E-state index contributed by atoms with van der Waals surface area (Å²) in [5, 5.41) is 2.78. The summed E-state index contributed by atoms with van der Waals surface area (Å²) in [6.45, 7) is 1.91. The number of aromatic nitrogens is 2. The molecule has 1 aromatic carbocycles. The Kier molecular flexibility index (Phi) is 2.44. The number of carbonyl (C=O) groups excluding carboxylic acids is 1. The third kappa shape index (κ3) is 1.90.